The van der Waals surface area contributed by atoms with Crippen LogP contribution >= 0.6 is 0 Å². The standard InChI is InChI=1S/C21H17F2N3O3/c1-2-29-21(28)15-5-3-4-6-18(15)26-20(27)19-10-8-14(12-24-19)25-13-7-9-16(22)17(23)11-13/h3-12,25H,2H2,1H3,(H,26,27). The van der Waals surface area contributed by atoms with Crippen molar-refractivity contribution in [3.8, 4) is 0 Å². The second kappa shape index (κ2) is 8.92. The number of benzene rings is 2. The second-order valence-corrected chi connectivity index (χ2v) is 5.91. The highest BCUT2D eigenvalue weighted by Gasteiger charge is 2.15. The quantitative estimate of drug-likeness (QED) is 0.598. The molecule has 3 aromatic rings. The number of aromatic nitrogens is 1. The van der Waals surface area contributed by atoms with Crippen molar-refractivity contribution >= 4 is 28.9 Å². The predicted octanol–water partition coefficient (Wildman–Crippen LogP) is 4.53. The Kier molecular flexibility index (Phi) is 6.13. The molecule has 1 heterocycles. The van der Waals surface area contributed by atoms with Crippen LogP contribution in [0.15, 0.2) is 60.8 Å². The lowest BCUT2D eigenvalue weighted by molar-refractivity contribution is 0.0527. The van der Waals surface area contributed by atoms with Crippen LogP contribution in [-0.4, -0.2) is 23.5 Å². The zero-order chi connectivity index (χ0) is 20.8. The topological polar surface area (TPSA) is 80.3 Å². The van der Waals surface area contributed by atoms with Crippen molar-refractivity contribution in [1.82, 2.24) is 4.98 Å². The van der Waals surface area contributed by atoms with E-state index in [0.717, 1.165) is 12.1 Å². The Hall–Kier alpha value is -3.81. The number of ether oxygens (including phenoxy) is 1. The molecule has 0 unspecified atom stereocenters. The first-order valence-electron chi connectivity index (χ1n) is 8.73. The largest absolute Gasteiger partial charge is 0.462 e. The molecule has 0 bridgehead atoms. The molecule has 6 nitrogen and oxygen atoms in total. The van der Waals surface area contributed by atoms with Crippen LogP contribution in [-0.2, 0) is 4.74 Å². The van der Waals surface area contributed by atoms with Crippen molar-refractivity contribution in [3.63, 3.8) is 0 Å². The van der Waals surface area contributed by atoms with E-state index in [1.54, 1.807) is 37.3 Å². The molecule has 0 saturated carbocycles. The minimum atomic E-state index is -0.973. The van der Waals surface area contributed by atoms with Crippen LogP contribution < -0.4 is 10.6 Å². The summed E-state index contributed by atoms with van der Waals surface area (Å²) in [5.74, 6) is -2.97. The Morgan fingerprint density at radius 1 is 1.00 bits per heavy atom. The SMILES string of the molecule is CCOC(=O)c1ccccc1NC(=O)c1ccc(Nc2ccc(F)c(F)c2)cn1. The van der Waals surface area contributed by atoms with Crippen LogP contribution in [0.1, 0.15) is 27.8 Å². The number of nitrogens with zero attached hydrogens (tertiary/aromatic N) is 1. The highest BCUT2D eigenvalue weighted by Crippen LogP contribution is 2.20. The van der Waals surface area contributed by atoms with Gasteiger partial charge in [-0.25, -0.2) is 18.6 Å². The first kappa shape index (κ1) is 19.9. The third-order valence-corrected chi connectivity index (χ3v) is 3.88. The summed E-state index contributed by atoms with van der Waals surface area (Å²) in [7, 11) is 0. The van der Waals surface area contributed by atoms with E-state index in [0.29, 0.717) is 17.1 Å². The molecule has 0 aliphatic carbocycles. The number of halogens is 2. The van der Waals surface area contributed by atoms with Gasteiger partial charge in [-0.1, -0.05) is 12.1 Å². The van der Waals surface area contributed by atoms with Gasteiger partial charge < -0.3 is 15.4 Å². The van der Waals surface area contributed by atoms with Crippen molar-refractivity contribution in [2.24, 2.45) is 0 Å². The lowest BCUT2D eigenvalue weighted by Crippen LogP contribution is -2.17. The Morgan fingerprint density at radius 3 is 2.45 bits per heavy atom. The van der Waals surface area contributed by atoms with Crippen molar-refractivity contribution in [3.05, 3.63) is 83.7 Å². The molecule has 29 heavy (non-hydrogen) atoms. The molecule has 0 atom stereocenters. The molecule has 0 aliphatic heterocycles. The molecule has 0 fully saturated rings. The van der Waals surface area contributed by atoms with Gasteiger partial charge >= 0.3 is 5.97 Å². The maximum Gasteiger partial charge on any atom is 0.340 e. The Balaban J connectivity index is 1.71. The van der Waals surface area contributed by atoms with E-state index in [4.69, 9.17) is 4.74 Å². The minimum absolute atomic E-state index is 0.111. The third-order valence-electron chi connectivity index (χ3n) is 3.88. The maximum atomic E-state index is 13.3. The Labute approximate surface area is 165 Å². The van der Waals surface area contributed by atoms with Gasteiger partial charge in [-0.3, -0.25) is 4.79 Å². The molecule has 0 radical (unpaired) electrons. The highest BCUT2D eigenvalue weighted by atomic mass is 19.2. The van der Waals surface area contributed by atoms with Gasteiger partial charge in [0.05, 0.1) is 29.7 Å². The fourth-order valence-corrected chi connectivity index (χ4v) is 2.51. The number of para-hydroxylation sites is 1. The zero-order valence-corrected chi connectivity index (χ0v) is 15.4. The lowest BCUT2D eigenvalue weighted by Gasteiger charge is -2.10. The van der Waals surface area contributed by atoms with E-state index in [1.165, 1.54) is 18.3 Å². The number of nitrogens with one attached hydrogen (secondary N) is 2. The smallest absolute Gasteiger partial charge is 0.340 e. The molecule has 8 heteroatoms. The number of amides is 1. The van der Waals surface area contributed by atoms with Crippen LogP contribution in [0.3, 0.4) is 0 Å². The van der Waals surface area contributed by atoms with E-state index >= 15 is 0 Å². The second-order valence-electron chi connectivity index (χ2n) is 5.91. The summed E-state index contributed by atoms with van der Waals surface area (Å²) in [6.07, 6.45) is 1.38. The molecule has 0 spiro atoms. The number of hydrogen-bond acceptors (Lipinski definition) is 5. The summed E-state index contributed by atoms with van der Waals surface area (Å²) in [6, 6.07) is 12.9. The van der Waals surface area contributed by atoms with E-state index in [1.807, 2.05) is 0 Å². The summed E-state index contributed by atoms with van der Waals surface area (Å²) in [4.78, 5) is 28.5. The van der Waals surface area contributed by atoms with Crippen molar-refractivity contribution in [2.45, 2.75) is 6.92 Å². The molecule has 1 amide bonds. The van der Waals surface area contributed by atoms with Gasteiger partial charge in [0.2, 0.25) is 0 Å². The number of rotatable bonds is 6. The average molecular weight is 397 g/mol. The summed E-state index contributed by atoms with van der Waals surface area (Å²) < 4.78 is 31.3. The Morgan fingerprint density at radius 2 is 1.76 bits per heavy atom. The summed E-state index contributed by atoms with van der Waals surface area (Å²) in [5, 5.41) is 5.50. The van der Waals surface area contributed by atoms with Crippen LogP contribution in [0.5, 0.6) is 0 Å². The van der Waals surface area contributed by atoms with Gasteiger partial charge in [0.15, 0.2) is 11.6 Å². The Bertz CT molecular complexity index is 1040. The molecular weight excluding hydrogens is 380 g/mol. The molecule has 2 aromatic carbocycles. The predicted molar refractivity (Wildman–Crippen MR) is 104 cm³/mol. The number of esters is 1. The monoisotopic (exact) mass is 397 g/mol. The number of pyridine rings is 1. The van der Waals surface area contributed by atoms with Gasteiger partial charge in [0.1, 0.15) is 5.69 Å². The summed E-state index contributed by atoms with van der Waals surface area (Å²) >= 11 is 0. The molecule has 1 aromatic heterocycles. The fraction of sp³-hybridized carbons (Fsp3) is 0.0952. The van der Waals surface area contributed by atoms with Crippen molar-refractivity contribution < 1.29 is 23.1 Å². The fourth-order valence-electron chi connectivity index (χ4n) is 2.51. The highest BCUT2D eigenvalue weighted by molar-refractivity contribution is 6.07. The van der Waals surface area contributed by atoms with Crippen molar-refractivity contribution in [2.75, 3.05) is 17.2 Å². The van der Waals surface area contributed by atoms with Gasteiger partial charge in [0.25, 0.3) is 5.91 Å². The van der Waals surface area contributed by atoms with Gasteiger partial charge in [-0.05, 0) is 43.3 Å². The van der Waals surface area contributed by atoms with E-state index < -0.39 is 23.5 Å². The minimum Gasteiger partial charge on any atom is -0.462 e. The lowest BCUT2D eigenvalue weighted by atomic mass is 10.1. The van der Waals surface area contributed by atoms with Crippen LogP contribution in [0.25, 0.3) is 0 Å². The third kappa shape index (κ3) is 4.92. The van der Waals surface area contributed by atoms with Gasteiger partial charge in [-0.15, -0.1) is 0 Å². The number of anilines is 3. The molecule has 2 N–H and O–H groups in total. The molecule has 3 rings (SSSR count). The van der Waals surface area contributed by atoms with Crippen molar-refractivity contribution in [1.29, 1.82) is 0 Å². The summed E-state index contributed by atoms with van der Waals surface area (Å²) in [5.41, 5.74) is 1.48. The van der Waals surface area contributed by atoms with Crippen LogP contribution in [0.2, 0.25) is 0 Å². The first-order chi connectivity index (χ1) is 14.0. The first-order valence-corrected chi connectivity index (χ1v) is 8.73. The summed E-state index contributed by atoms with van der Waals surface area (Å²) in [6.45, 7) is 1.91. The van der Waals surface area contributed by atoms with Gasteiger partial charge in [-0.2, -0.15) is 0 Å². The molecular formula is C21H17F2N3O3. The maximum absolute atomic E-state index is 13.3. The van der Waals surface area contributed by atoms with E-state index in [9.17, 15) is 18.4 Å². The number of carbonyl (C=O) groups is 2. The average Bonchev–Trinajstić information content (AvgIpc) is 2.72. The molecule has 148 valence electrons. The number of carbonyl (C=O) groups excluding carboxylic acids is 2. The van der Waals surface area contributed by atoms with Crippen LogP contribution in [0.4, 0.5) is 25.8 Å². The molecule has 0 aliphatic rings. The number of hydrogen-bond donors (Lipinski definition) is 2. The zero-order valence-electron chi connectivity index (χ0n) is 15.4. The van der Waals surface area contributed by atoms with Crippen LogP contribution in [0, 0.1) is 11.6 Å². The van der Waals surface area contributed by atoms with E-state index in [2.05, 4.69) is 15.6 Å². The van der Waals surface area contributed by atoms with Gasteiger partial charge in [0, 0.05) is 11.8 Å². The van der Waals surface area contributed by atoms with E-state index in [-0.39, 0.29) is 17.9 Å². The molecule has 0 saturated heterocycles. The normalized spacial score (nSPS) is 10.3.